The zero-order chi connectivity index (χ0) is 16.9. The summed E-state index contributed by atoms with van der Waals surface area (Å²) in [4.78, 5) is 2.37. The highest BCUT2D eigenvalue weighted by Gasteiger charge is 2.27. The van der Waals surface area contributed by atoms with Crippen molar-refractivity contribution in [3.05, 3.63) is 71.3 Å². The largest absolute Gasteiger partial charge is 0.316 e. The third-order valence-electron chi connectivity index (χ3n) is 4.68. The van der Waals surface area contributed by atoms with Gasteiger partial charge in [0.2, 0.25) is 0 Å². The van der Waals surface area contributed by atoms with E-state index in [-0.39, 0.29) is 0 Å². The van der Waals surface area contributed by atoms with E-state index in [2.05, 4.69) is 22.5 Å². The lowest BCUT2D eigenvalue weighted by molar-refractivity contribution is 0.111. The van der Waals surface area contributed by atoms with E-state index in [4.69, 9.17) is 0 Å². The van der Waals surface area contributed by atoms with E-state index in [1.54, 1.807) is 0 Å². The molecule has 3 nitrogen and oxygen atoms in total. The van der Waals surface area contributed by atoms with Gasteiger partial charge in [-0.15, -0.1) is 0 Å². The second-order valence-electron chi connectivity index (χ2n) is 6.46. The number of hydrogen-bond acceptors (Lipinski definition) is 3. The monoisotopic (exact) mass is 332 g/mol. The molecule has 1 heterocycles. The van der Waals surface area contributed by atoms with Crippen molar-refractivity contribution in [3.8, 4) is 0 Å². The SMILES string of the molecule is ONC(CC1CCN(Cc2ccccc2)C1)c1ccc(F)cc1F. The Labute approximate surface area is 140 Å². The number of nitrogens with one attached hydrogen (secondary N) is 1. The minimum atomic E-state index is -0.624. The number of benzene rings is 2. The van der Waals surface area contributed by atoms with E-state index in [1.165, 1.54) is 17.7 Å². The summed E-state index contributed by atoms with van der Waals surface area (Å²) in [6.07, 6.45) is 1.62. The van der Waals surface area contributed by atoms with E-state index in [0.29, 0.717) is 17.9 Å². The second kappa shape index (κ2) is 7.83. The Morgan fingerprint density at radius 3 is 2.67 bits per heavy atom. The minimum absolute atomic E-state index is 0.306. The van der Waals surface area contributed by atoms with E-state index >= 15 is 0 Å². The first-order valence-corrected chi connectivity index (χ1v) is 8.26. The van der Waals surface area contributed by atoms with Gasteiger partial charge in [0.05, 0.1) is 6.04 Å². The molecule has 3 rings (SSSR count). The summed E-state index contributed by atoms with van der Waals surface area (Å²) in [5.74, 6) is -0.869. The minimum Gasteiger partial charge on any atom is -0.316 e. The first-order chi connectivity index (χ1) is 11.7. The van der Waals surface area contributed by atoms with Crippen molar-refractivity contribution in [3.63, 3.8) is 0 Å². The number of likely N-dealkylation sites (tertiary alicyclic amines) is 1. The van der Waals surface area contributed by atoms with Crippen molar-refractivity contribution in [2.75, 3.05) is 13.1 Å². The molecule has 2 aromatic rings. The van der Waals surface area contributed by atoms with Gasteiger partial charge in [0.25, 0.3) is 0 Å². The lowest BCUT2D eigenvalue weighted by Gasteiger charge is -2.21. The lowest BCUT2D eigenvalue weighted by Crippen LogP contribution is -2.24. The summed E-state index contributed by atoms with van der Waals surface area (Å²) >= 11 is 0. The van der Waals surface area contributed by atoms with Gasteiger partial charge in [-0.05, 0) is 36.9 Å². The van der Waals surface area contributed by atoms with Crippen LogP contribution < -0.4 is 5.48 Å². The first-order valence-electron chi connectivity index (χ1n) is 8.26. The number of hydroxylamine groups is 1. The van der Waals surface area contributed by atoms with Crippen LogP contribution in [-0.2, 0) is 6.54 Å². The van der Waals surface area contributed by atoms with Crippen molar-refractivity contribution in [2.45, 2.75) is 25.4 Å². The topological polar surface area (TPSA) is 35.5 Å². The van der Waals surface area contributed by atoms with Gasteiger partial charge >= 0.3 is 0 Å². The molecule has 1 saturated heterocycles. The van der Waals surface area contributed by atoms with Crippen LogP contribution in [0.25, 0.3) is 0 Å². The van der Waals surface area contributed by atoms with Gasteiger partial charge < -0.3 is 5.21 Å². The van der Waals surface area contributed by atoms with Crippen LogP contribution in [0.5, 0.6) is 0 Å². The third-order valence-corrected chi connectivity index (χ3v) is 4.68. The molecule has 2 aromatic carbocycles. The van der Waals surface area contributed by atoms with Crippen LogP contribution in [-0.4, -0.2) is 23.2 Å². The normalized spacial score (nSPS) is 19.5. The molecule has 1 aliphatic rings. The highest BCUT2D eigenvalue weighted by Crippen LogP contribution is 2.29. The number of hydrogen-bond donors (Lipinski definition) is 2. The van der Waals surface area contributed by atoms with Gasteiger partial charge in [0.1, 0.15) is 11.6 Å². The fourth-order valence-corrected chi connectivity index (χ4v) is 3.46. The van der Waals surface area contributed by atoms with Gasteiger partial charge in [-0.1, -0.05) is 36.4 Å². The predicted molar refractivity (Wildman–Crippen MR) is 88.5 cm³/mol. The molecule has 0 saturated carbocycles. The van der Waals surface area contributed by atoms with Crippen LogP contribution in [0.3, 0.4) is 0 Å². The van der Waals surface area contributed by atoms with Crippen molar-refractivity contribution < 1.29 is 14.0 Å². The van der Waals surface area contributed by atoms with Crippen LogP contribution in [0.4, 0.5) is 8.78 Å². The molecule has 0 aromatic heterocycles. The zero-order valence-corrected chi connectivity index (χ0v) is 13.5. The third kappa shape index (κ3) is 4.17. The molecule has 0 aliphatic carbocycles. The Hall–Kier alpha value is -1.82. The molecular formula is C19H22F2N2O. The summed E-state index contributed by atoms with van der Waals surface area (Å²) in [6, 6.07) is 13.2. The first kappa shape index (κ1) is 17.0. The maximum Gasteiger partial charge on any atom is 0.130 e. The average molecular weight is 332 g/mol. The number of nitrogens with zero attached hydrogens (tertiary/aromatic N) is 1. The molecule has 2 N–H and O–H groups in total. The molecule has 2 atom stereocenters. The quantitative estimate of drug-likeness (QED) is 0.788. The Morgan fingerprint density at radius 2 is 1.96 bits per heavy atom. The van der Waals surface area contributed by atoms with E-state index in [9.17, 15) is 14.0 Å². The van der Waals surface area contributed by atoms with E-state index in [1.807, 2.05) is 18.2 Å². The second-order valence-corrected chi connectivity index (χ2v) is 6.46. The molecule has 0 spiro atoms. The van der Waals surface area contributed by atoms with Crippen LogP contribution in [0.2, 0.25) is 0 Å². The standard InChI is InChI=1S/C19H22F2N2O/c20-16-6-7-17(18(21)11-16)19(22-24)10-15-8-9-23(13-15)12-14-4-2-1-3-5-14/h1-7,11,15,19,22,24H,8-10,12-13H2. The molecule has 128 valence electrons. The predicted octanol–water partition coefficient (Wildman–Crippen LogP) is 3.90. The van der Waals surface area contributed by atoms with E-state index < -0.39 is 17.7 Å². The Kier molecular flexibility index (Phi) is 5.56. The van der Waals surface area contributed by atoms with Crippen LogP contribution >= 0.6 is 0 Å². The molecule has 0 radical (unpaired) electrons. The average Bonchev–Trinajstić information content (AvgIpc) is 3.01. The smallest absolute Gasteiger partial charge is 0.130 e. The molecule has 5 heteroatoms. The maximum absolute atomic E-state index is 13.9. The highest BCUT2D eigenvalue weighted by molar-refractivity contribution is 5.22. The van der Waals surface area contributed by atoms with Crippen LogP contribution in [0.1, 0.15) is 30.0 Å². The van der Waals surface area contributed by atoms with Crippen molar-refractivity contribution in [1.82, 2.24) is 10.4 Å². The fraction of sp³-hybridized carbons (Fsp3) is 0.368. The van der Waals surface area contributed by atoms with Gasteiger partial charge in [-0.25, -0.2) is 8.78 Å². The summed E-state index contributed by atoms with van der Waals surface area (Å²) < 4.78 is 27.0. The highest BCUT2D eigenvalue weighted by atomic mass is 19.1. The summed E-state index contributed by atoms with van der Waals surface area (Å²) in [7, 11) is 0. The molecule has 24 heavy (non-hydrogen) atoms. The van der Waals surface area contributed by atoms with Gasteiger partial charge in [0.15, 0.2) is 0 Å². The molecule has 1 fully saturated rings. The van der Waals surface area contributed by atoms with Crippen molar-refractivity contribution in [1.29, 1.82) is 0 Å². The van der Waals surface area contributed by atoms with E-state index in [0.717, 1.165) is 32.1 Å². The van der Waals surface area contributed by atoms with Gasteiger partial charge in [-0.3, -0.25) is 4.90 Å². The fourth-order valence-electron chi connectivity index (χ4n) is 3.46. The molecule has 1 aliphatic heterocycles. The summed E-state index contributed by atoms with van der Waals surface area (Å²) in [5, 5.41) is 9.41. The molecule has 0 amide bonds. The number of rotatable bonds is 6. The Bertz CT molecular complexity index is 666. The molecule has 2 unspecified atom stereocenters. The van der Waals surface area contributed by atoms with Crippen molar-refractivity contribution >= 4 is 0 Å². The molecule has 0 bridgehead atoms. The summed E-state index contributed by atoms with van der Waals surface area (Å²) in [6.45, 7) is 2.80. The van der Waals surface area contributed by atoms with Gasteiger partial charge in [0, 0.05) is 24.7 Å². The van der Waals surface area contributed by atoms with Gasteiger partial charge in [-0.2, -0.15) is 5.48 Å². The Morgan fingerprint density at radius 1 is 1.17 bits per heavy atom. The number of halogens is 2. The Balaban J connectivity index is 1.59. The lowest BCUT2D eigenvalue weighted by atomic mass is 9.94. The van der Waals surface area contributed by atoms with Crippen molar-refractivity contribution in [2.24, 2.45) is 5.92 Å². The summed E-state index contributed by atoms with van der Waals surface area (Å²) in [5.41, 5.74) is 3.77. The molecular weight excluding hydrogens is 310 g/mol. The zero-order valence-electron chi connectivity index (χ0n) is 13.5. The van der Waals surface area contributed by atoms with Crippen LogP contribution in [0, 0.1) is 17.6 Å². The van der Waals surface area contributed by atoms with Crippen LogP contribution in [0.15, 0.2) is 48.5 Å². The maximum atomic E-state index is 13.9.